The Morgan fingerprint density at radius 3 is 2.35 bits per heavy atom. The number of aromatic nitrogens is 2. The molecule has 0 aliphatic heterocycles. The third-order valence-electron chi connectivity index (χ3n) is 4.43. The summed E-state index contributed by atoms with van der Waals surface area (Å²) in [6.45, 7) is 11.8. The largest absolute Gasteiger partial charge is 0.310 e. The van der Waals surface area contributed by atoms with Crippen LogP contribution in [0.2, 0.25) is 0 Å². The van der Waals surface area contributed by atoms with Crippen LogP contribution in [-0.2, 0) is 6.54 Å². The highest BCUT2D eigenvalue weighted by molar-refractivity contribution is 5.25. The van der Waals surface area contributed by atoms with Gasteiger partial charge in [0.25, 0.3) is 0 Å². The van der Waals surface area contributed by atoms with E-state index in [9.17, 15) is 0 Å². The molecule has 0 saturated heterocycles. The molecule has 0 aromatic carbocycles. The first kappa shape index (κ1) is 15.4. The van der Waals surface area contributed by atoms with Crippen molar-refractivity contribution in [3.63, 3.8) is 0 Å². The molecule has 1 aromatic rings. The second-order valence-corrected chi connectivity index (χ2v) is 6.74. The molecule has 3 nitrogen and oxygen atoms in total. The lowest BCUT2D eigenvalue weighted by molar-refractivity contribution is 0.334. The lowest BCUT2D eigenvalue weighted by Gasteiger charge is -2.26. The number of nitrogens with zero attached hydrogens (tertiary/aromatic N) is 2. The van der Waals surface area contributed by atoms with E-state index < -0.39 is 0 Å². The van der Waals surface area contributed by atoms with E-state index >= 15 is 0 Å². The maximum atomic E-state index is 4.82. The molecule has 2 atom stereocenters. The standard InChI is InChI=1S/C17H29N3/c1-11(2)18-10-16-13(4)19-17(20-14(16)5)15-8-6-7-12(3)9-15/h11-12,15,18H,6-10H2,1-5H3. The van der Waals surface area contributed by atoms with E-state index in [1.807, 2.05) is 0 Å². The first-order valence-corrected chi connectivity index (χ1v) is 8.04. The summed E-state index contributed by atoms with van der Waals surface area (Å²) >= 11 is 0. The summed E-state index contributed by atoms with van der Waals surface area (Å²) in [7, 11) is 0. The molecule has 1 saturated carbocycles. The average molecular weight is 275 g/mol. The van der Waals surface area contributed by atoms with Crippen molar-refractivity contribution in [1.82, 2.24) is 15.3 Å². The van der Waals surface area contributed by atoms with Gasteiger partial charge >= 0.3 is 0 Å². The lowest BCUT2D eigenvalue weighted by Crippen LogP contribution is -2.24. The SMILES string of the molecule is Cc1nc(C2CCCC(C)C2)nc(C)c1CNC(C)C. The first-order chi connectivity index (χ1) is 9.47. The first-order valence-electron chi connectivity index (χ1n) is 8.04. The third-order valence-corrected chi connectivity index (χ3v) is 4.43. The summed E-state index contributed by atoms with van der Waals surface area (Å²) in [4.78, 5) is 9.64. The van der Waals surface area contributed by atoms with Crippen molar-refractivity contribution >= 4 is 0 Å². The molecule has 112 valence electrons. The van der Waals surface area contributed by atoms with Crippen LogP contribution in [-0.4, -0.2) is 16.0 Å². The van der Waals surface area contributed by atoms with Crippen LogP contribution in [0.25, 0.3) is 0 Å². The van der Waals surface area contributed by atoms with Gasteiger partial charge in [0.05, 0.1) is 0 Å². The minimum atomic E-state index is 0.493. The topological polar surface area (TPSA) is 37.8 Å². The molecular formula is C17H29N3. The van der Waals surface area contributed by atoms with Crippen LogP contribution in [0.15, 0.2) is 0 Å². The van der Waals surface area contributed by atoms with Crippen molar-refractivity contribution < 1.29 is 0 Å². The molecule has 1 heterocycles. The molecule has 0 radical (unpaired) electrons. The van der Waals surface area contributed by atoms with E-state index in [4.69, 9.17) is 9.97 Å². The molecule has 1 aliphatic rings. The molecule has 2 rings (SSSR count). The highest BCUT2D eigenvalue weighted by Crippen LogP contribution is 2.34. The van der Waals surface area contributed by atoms with E-state index in [1.165, 1.54) is 31.2 Å². The quantitative estimate of drug-likeness (QED) is 0.906. The van der Waals surface area contributed by atoms with Crippen LogP contribution in [0.1, 0.15) is 75.1 Å². The normalized spacial score (nSPS) is 23.3. The fraction of sp³-hybridized carbons (Fsp3) is 0.765. The van der Waals surface area contributed by atoms with Crippen molar-refractivity contribution in [2.24, 2.45) is 5.92 Å². The zero-order chi connectivity index (χ0) is 14.7. The molecule has 0 spiro atoms. The second kappa shape index (κ2) is 6.66. The molecular weight excluding hydrogens is 246 g/mol. The third kappa shape index (κ3) is 3.78. The van der Waals surface area contributed by atoms with Gasteiger partial charge in [-0.15, -0.1) is 0 Å². The number of rotatable bonds is 4. The molecule has 1 aliphatic carbocycles. The average Bonchev–Trinajstić information content (AvgIpc) is 2.37. The van der Waals surface area contributed by atoms with E-state index in [0.29, 0.717) is 12.0 Å². The summed E-state index contributed by atoms with van der Waals surface area (Å²) in [5.74, 6) is 2.48. The van der Waals surface area contributed by atoms with Crippen LogP contribution < -0.4 is 5.32 Å². The maximum absolute atomic E-state index is 4.82. The van der Waals surface area contributed by atoms with Crippen molar-refractivity contribution in [3.05, 3.63) is 22.8 Å². The predicted octanol–water partition coefficient (Wildman–Crippen LogP) is 3.89. The highest BCUT2D eigenvalue weighted by Gasteiger charge is 2.23. The summed E-state index contributed by atoms with van der Waals surface area (Å²) in [5, 5.41) is 3.47. The lowest BCUT2D eigenvalue weighted by atomic mass is 9.82. The van der Waals surface area contributed by atoms with E-state index in [0.717, 1.165) is 29.7 Å². The van der Waals surface area contributed by atoms with Crippen LogP contribution in [0.4, 0.5) is 0 Å². The Hall–Kier alpha value is -0.960. The van der Waals surface area contributed by atoms with Crippen molar-refractivity contribution in [3.8, 4) is 0 Å². The Labute approximate surface area is 123 Å². The van der Waals surface area contributed by atoms with Gasteiger partial charge in [0.15, 0.2) is 0 Å². The van der Waals surface area contributed by atoms with Crippen LogP contribution in [0, 0.1) is 19.8 Å². The van der Waals surface area contributed by atoms with E-state index in [2.05, 4.69) is 39.9 Å². The van der Waals surface area contributed by atoms with Gasteiger partial charge in [-0.3, -0.25) is 0 Å². The van der Waals surface area contributed by atoms with Gasteiger partial charge in [-0.1, -0.05) is 33.6 Å². The monoisotopic (exact) mass is 275 g/mol. The molecule has 0 amide bonds. The number of nitrogens with one attached hydrogen (secondary N) is 1. The molecule has 1 N–H and O–H groups in total. The smallest absolute Gasteiger partial charge is 0.131 e. The summed E-state index contributed by atoms with van der Waals surface area (Å²) in [6.07, 6.45) is 5.20. The van der Waals surface area contributed by atoms with Crippen LogP contribution in [0.5, 0.6) is 0 Å². The molecule has 1 aromatic heterocycles. The maximum Gasteiger partial charge on any atom is 0.131 e. The number of hydrogen-bond donors (Lipinski definition) is 1. The van der Waals surface area contributed by atoms with Gasteiger partial charge in [0, 0.05) is 35.5 Å². The zero-order valence-corrected chi connectivity index (χ0v) is 13.7. The fourth-order valence-corrected chi connectivity index (χ4v) is 3.18. The second-order valence-electron chi connectivity index (χ2n) is 6.74. The van der Waals surface area contributed by atoms with Crippen LogP contribution >= 0.6 is 0 Å². The summed E-state index contributed by atoms with van der Waals surface area (Å²) in [5.41, 5.74) is 3.57. The fourth-order valence-electron chi connectivity index (χ4n) is 3.18. The van der Waals surface area contributed by atoms with Crippen molar-refractivity contribution in [1.29, 1.82) is 0 Å². The summed E-state index contributed by atoms with van der Waals surface area (Å²) < 4.78 is 0. The highest BCUT2D eigenvalue weighted by atomic mass is 14.9. The number of aryl methyl sites for hydroxylation is 2. The van der Waals surface area contributed by atoms with Gasteiger partial charge < -0.3 is 5.32 Å². The number of hydrogen-bond acceptors (Lipinski definition) is 3. The Morgan fingerprint density at radius 2 is 1.80 bits per heavy atom. The molecule has 3 heteroatoms. The Bertz CT molecular complexity index is 431. The molecule has 1 fully saturated rings. The van der Waals surface area contributed by atoms with Crippen LogP contribution in [0.3, 0.4) is 0 Å². The van der Waals surface area contributed by atoms with E-state index in [1.54, 1.807) is 0 Å². The molecule has 0 bridgehead atoms. The summed E-state index contributed by atoms with van der Waals surface area (Å²) in [6, 6.07) is 0.493. The molecule has 20 heavy (non-hydrogen) atoms. The van der Waals surface area contributed by atoms with E-state index in [-0.39, 0.29) is 0 Å². The van der Waals surface area contributed by atoms with Crippen molar-refractivity contribution in [2.75, 3.05) is 0 Å². The van der Waals surface area contributed by atoms with Gasteiger partial charge in [0.1, 0.15) is 5.82 Å². The Morgan fingerprint density at radius 1 is 1.15 bits per heavy atom. The molecule has 2 unspecified atom stereocenters. The minimum absolute atomic E-state index is 0.493. The Kier molecular flexibility index (Phi) is 5.14. The minimum Gasteiger partial charge on any atom is -0.310 e. The van der Waals surface area contributed by atoms with Gasteiger partial charge in [-0.05, 0) is 32.6 Å². The van der Waals surface area contributed by atoms with Gasteiger partial charge in [-0.25, -0.2) is 9.97 Å². The Balaban J connectivity index is 2.16. The van der Waals surface area contributed by atoms with Gasteiger partial charge in [-0.2, -0.15) is 0 Å². The van der Waals surface area contributed by atoms with Gasteiger partial charge in [0.2, 0.25) is 0 Å². The van der Waals surface area contributed by atoms with Crippen molar-refractivity contribution in [2.45, 2.75) is 78.8 Å². The zero-order valence-electron chi connectivity index (χ0n) is 13.7. The predicted molar refractivity (Wildman–Crippen MR) is 83.9 cm³/mol.